The van der Waals surface area contributed by atoms with Gasteiger partial charge in [-0.1, -0.05) is 322 Å². The van der Waals surface area contributed by atoms with Crippen molar-refractivity contribution in [2.45, 2.75) is 0 Å². The standard InChI is InChI=1S/2C48H30N2S.C42H26N2S/c1-2-12-31(13-3-1)35-14-4-8-18-42(35)50-44-20-10-6-16-37(44)40-29-33(23-26-46(40)50)32-22-25-45-39(28-32)36-15-5-9-19-43(36)49(45)34-24-27-48-41(30-34)38-17-7-11-21-47(38)51-48;1-2-10-31(11-3-1)32-18-22-35(23-19-32)49-43-15-7-4-12-37(43)41-28-33(20-26-45(41)49)34-21-27-46-42(29-34)38-13-5-8-16-44(38)50(46)36-24-25-40-39-14-6-9-17-47(39)51-48(40)30-36;1-2-10-29(11-3-1)43-37-15-7-4-12-31(37)35-24-27(18-22-39(35)43)28-19-23-40-36(25-28)32-13-5-8-16-38(32)44(40)30-20-21-34-33-14-6-9-17-41(33)45-42(34)26-30/h2*1-30H;1-26H. The molecule has 0 saturated carbocycles. The molecular formula is C138H86N6S3. The number of hydrogen-bond donors (Lipinski definition) is 0. The summed E-state index contributed by atoms with van der Waals surface area (Å²) in [4.78, 5) is 0. The molecule has 32 aromatic rings. The normalized spacial score (nSPS) is 11.9. The molecule has 0 atom stereocenters. The minimum Gasteiger partial charge on any atom is -0.309 e. The number of fused-ring (bicyclic) bond motifs is 27. The topological polar surface area (TPSA) is 29.6 Å². The summed E-state index contributed by atoms with van der Waals surface area (Å²) >= 11 is 5.60. The summed E-state index contributed by atoms with van der Waals surface area (Å²) in [6.07, 6.45) is 0. The highest BCUT2D eigenvalue weighted by molar-refractivity contribution is 7.26. The van der Waals surface area contributed by atoms with Crippen LogP contribution in [0.4, 0.5) is 0 Å². The first-order chi connectivity index (χ1) is 72.9. The van der Waals surface area contributed by atoms with Crippen molar-refractivity contribution < 1.29 is 0 Å². The van der Waals surface area contributed by atoms with Gasteiger partial charge < -0.3 is 27.4 Å². The number of nitrogens with zero attached hydrogens (tertiary/aromatic N) is 6. The van der Waals surface area contributed by atoms with E-state index in [2.05, 4.69) is 549 Å². The second kappa shape index (κ2) is 34.1. The van der Waals surface area contributed by atoms with Crippen LogP contribution in [0.25, 0.3) is 281 Å². The highest BCUT2D eigenvalue weighted by Gasteiger charge is 2.25. The lowest BCUT2D eigenvalue weighted by atomic mass is 10.0. The Balaban J connectivity index is 0.000000102. The van der Waals surface area contributed by atoms with E-state index in [1.165, 1.54) is 275 Å². The van der Waals surface area contributed by atoms with Crippen LogP contribution in [0.2, 0.25) is 0 Å². The molecule has 0 unspecified atom stereocenters. The summed E-state index contributed by atoms with van der Waals surface area (Å²) in [5.74, 6) is 0. The predicted octanol–water partition coefficient (Wildman–Crippen LogP) is 39.1. The van der Waals surface area contributed by atoms with Crippen LogP contribution in [0.15, 0.2) is 522 Å². The third-order valence-corrected chi connectivity index (χ3v) is 33.8. The summed E-state index contributed by atoms with van der Waals surface area (Å²) in [7, 11) is 0. The Labute approximate surface area is 857 Å². The molecule has 0 bridgehead atoms. The average molecular weight is 1920 g/mol. The first-order valence-electron chi connectivity index (χ1n) is 50.2. The Bertz CT molecular complexity index is 11000. The van der Waals surface area contributed by atoms with Crippen LogP contribution in [0.3, 0.4) is 0 Å². The van der Waals surface area contributed by atoms with Gasteiger partial charge in [-0.2, -0.15) is 0 Å². The predicted molar refractivity (Wildman–Crippen MR) is 631 cm³/mol. The van der Waals surface area contributed by atoms with Crippen molar-refractivity contribution in [3.05, 3.63) is 522 Å². The molecule has 0 aliphatic carbocycles. The summed E-state index contributed by atoms with van der Waals surface area (Å²) in [5, 5.41) is 23.1. The van der Waals surface area contributed by atoms with E-state index in [1.807, 2.05) is 34.0 Å². The third-order valence-electron chi connectivity index (χ3n) is 30.4. The molecule has 0 aliphatic rings. The molecule has 9 heteroatoms. The first-order valence-corrected chi connectivity index (χ1v) is 52.7. The van der Waals surface area contributed by atoms with Gasteiger partial charge >= 0.3 is 0 Å². The maximum atomic E-state index is 2.43. The van der Waals surface area contributed by atoms with E-state index in [1.54, 1.807) is 0 Å². The van der Waals surface area contributed by atoms with Crippen LogP contribution >= 0.6 is 34.0 Å². The van der Waals surface area contributed by atoms with E-state index < -0.39 is 0 Å². The Kier molecular flexibility index (Phi) is 19.6. The summed E-state index contributed by atoms with van der Waals surface area (Å²) < 4.78 is 22.4. The minimum atomic E-state index is 1.16. The fourth-order valence-electron chi connectivity index (χ4n) is 23.7. The second-order valence-electron chi connectivity index (χ2n) is 38.5. The Morgan fingerprint density at radius 3 is 0.721 bits per heavy atom. The van der Waals surface area contributed by atoms with Crippen molar-refractivity contribution in [3.63, 3.8) is 0 Å². The zero-order chi connectivity index (χ0) is 96.4. The first kappa shape index (κ1) is 84.2. The lowest BCUT2D eigenvalue weighted by Crippen LogP contribution is -1.97. The van der Waals surface area contributed by atoms with Gasteiger partial charge in [0.25, 0.3) is 0 Å². The van der Waals surface area contributed by atoms with Gasteiger partial charge in [-0.3, -0.25) is 0 Å². The molecule has 32 rings (SSSR count). The highest BCUT2D eigenvalue weighted by Crippen LogP contribution is 2.48. The molecule has 0 amide bonds. The summed E-state index contributed by atoms with van der Waals surface area (Å²) in [6, 6.07) is 191. The number of hydrogen-bond acceptors (Lipinski definition) is 3. The zero-order valence-corrected chi connectivity index (χ0v) is 82.0. The molecule has 147 heavy (non-hydrogen) atoms. The average Bonchev–Trinajstić information content (AvgIpc) is 1.58. The fraction of sp³-hybridized carbons (Fsp3) is 0. The second-order valence-corrected chi connectivity index (χ2v) is 41.7. The molecule has 0 N–H and O–H groups in total. The van der Waals surface area contributed by atoms with E-state index in [4.69, 9.17) is 0 Å². The van der Waals surface area contributed by atoms with Crippen LogP contribution in [-0.4, -0.2) is 27.4 Å². The third kappa shape index (κ3) is 13.7. The van der Waals surface area contributed by atoms with E-state index >= 15 is 0 Å². The molecule has 0 radical (unpaired) electrons. The highest BCUT2D eigenvalue weighted by atomic mass is 32.1. The molecule has 0 aliphatic heterocycles. The van der Waals surface area contributed by atoms with Crippen molar-refractivity contribution in [3.8, 4) is 89.8 Å². The van der Waals surface area contributed by atoms with Gasteiger partial charge in [0, 0.05) is 159 Å². The zero-order valence-electron chi connectivity index (χ0n) is 79.6. The molecule has 9 heterocycles. The number of para-hydroxylation sites is 8. The van der Waals surface area contributed by atoms with E-state index in [-0.39, 0.29) is 0 Å². The van der Waals surface area contributed by atoms with Gasteiger partial charge in [0.2, 0.25) is 0 Å². The van der Waals surface area contributed by atoms with E-state index in [0.717, 1.165) is 5.69 Å². The summed E-state index contributed by atoms with van der Waals surface area (Å²) in [5.41, 5.74) is 33.9. The lowest BCUT2D eigenvalue weighted by molar-refractivity contribution is 1.18. The van der Waals surface area contributed by atoms with Crippen molar-refractivity contribution in [1.82, 2.24) is 27.4 Å². The van der Waals surface area contributed by atoms with Gasteiger partial charge in [0.15, 0.2) is 0 Å². The van der Waals surface area contributed by atoms with E-state index in [0.29, 0.717) is 0 Å². The molecule has 23 aromatic carbocycles. The molecule has 9 aromatic heterocycles. The molecule has 0 spiro atoms. The maximum absolute atomic E-state index is 2.43. The minimum absolute atomic E-state index is 1.16. The van der Waals surface area contributed by atoms with Crippen LogP contribution < -0.4 is 0 Å². The monoisotopic (exact) mass is 1920 g/mol. The van der Waals surface area contributed by atoms with Crippen LogP contribution in [0, 0.1) is 0 Å². The van der Waals surface area contributed by atoms with Crippen molar-refractivity contribution in [2.75, 3.05) is 0 Å². The quantitative estimate of drug-likeness (QED) is 0.124. The van der Waals surface area contributed by atoms with Crippen molar-refractivity contribution in [1.29, 1.82) is 0 Å². The maximum Gasteiger partial charge on any atom is 0.0541 e. The van der Waals surface area contributed by atoms with Crippen LogP contribution in [0.5, 0.6) is 0 Å². The van der Waals surface area contributed by atoms with Gasteiger partial charge in [-0.25, -0.2) is 0 Å². The number of aromatic nitrogens is 6. The van der Waals surface area contributed by atoms with Gasteiger partial charge in [-0.05, 0) is 250 Å². The molecule has 0 fully saturated rings. The van der Waals surface area contributed by atoms with Crippen molar-refractivity contribution in [2.24, 2.45) is 0 Å². The van der Waals surface area contributed by atoms with E-state index in [9.17, 15) is 0 Å². The summed E-state index contributed by atoms with van der Waals surface area (Å²) in [6.45, 7) is 0. The SMILES string of the molecule is c1ccc(-c2ccc(-n3c4ccccc4c4cc(-c5ccc6c(c5)c5ccccc5n6-c5ccc6c(c5)sc5ccccc56)ccc43)cc2)cc1.c1ccc(-c2ccccc2-n2c3ccccc3c3cc(-c4ccc5c(c4)c4ccccc4n5-c4ccc5sc6ccccc6c5c4)ccc32)cc1.c1ccc(-n2c3ccccc3c3cc(-c4ccc5c(c4)c4ccccc4n5-c4ccc5c(c4)sc4ccccc45)ccc32)cc1. The number of thiophene rings is 3. The smallest absolute Gasteiger partial charge is 0.0541 e. The largest absolute Gasteiger partial charge is 0.309 e. The lowest BCUT2D eigenvalue weighted by Gasteiger charge is -2.14. The van der Waals surface area contributed by atoms with Crippen molar-refractivity contribution >= 4 is 225 Å². The molecular weight excluding hydrogens is 1840 g/mol. The Morgan fingerprint density at radius 1 is 0.109 bits per heavy atom. The molecule has 6 nitrogen and oxygen atoms in total. The Hall–Kier alpha value is -18.5. The molecule has 0 saturated heterocycles. The Morgan fingerprint density at radius 2 is 0.340 bits per heavy atom. The van der Waals surface area contributed by atoms with Crippen LogP contribution in [0.1, 0.15) is 0 Å². The van der Waals surface area contributed by atoms with Gasteiger partial charge in [0.1, 0.15) is 0 Å². The molecule has 686 valence electrons. The van der Waals surface area contributed by atoms with Gasteiger partial charge in [-0.15, -0.1) is 34.0 Å². The number of benzene rings is 23. The van der Waals surface area contributed by atoms with Crippen LogP contribution in [-0.2, 0) is 0 Å². The fourth-order valence-corrected chi connectivity index (χ4v) is 27.0. The number of rotatable bonds is 11. The van der Waals surface area contributed by atoms with Gasteiger partial charge in [0.05, 0.1) is 71.9 Å².